The SMILES string of the molecule is CCOC(=O)CN1C2=NC3C(C(=O)NC(=O)N3C)N2C(C)=C1C. The quantitative estimate of drug-likeness (QED) is 0.715. The van der Waals surface area contributed by atoms with E-state index in [0.717, 1.165) is 11.4 Å². The minimum Gasteiger partial charge on any atom is -0.465 e. The monoisotopic (exact) mass is 321 g/mol. The fraction of sp³-hybridized carbons (Fsp3) is 0.571. The highest BCUT2D eigenvalue weighted by Gasteiger charge is 2.53. The van der Waals surface area contributed by atoms with Gasteiger partial charge in [-0.15, -0.1) is 0 Å². The first-order valence-electron chi connectivity index (χ1n) is 7.42. The summed E-state index contributed by atoms with van der Waals surface area (Å²) in [5, 5.41) is 2.32. The van der Waals surface area contributed by atoms with Gasteiger partial charge in [-0.1, -0.05) is 0 Å². The van der Waals surface area contributed by atoms with Gasteiger partial charge in [-0.2, -0.15) is 0 Å². The Balaban J connectivity index is 1.93. The number of carbonyl (C=O) groups is 3. The Morgan fingerprint density at radius 2 is 2.00 bits per heavy atom. The van der Waals surface area contributed by atoms with E-state index in [1.54, 1.807) is 23.8 Å². The molecule has 2 unspecified atom stereocenters. The lowest BCUT2D eigenvalue weighted by Gasteiger charge is -2.35. The van der Waals surface area contributed by atoms with Crippen LogP contribution in [-0.2, 0) is 14.3 Å². The van der Waals surface area contributed by atoms with Crippen molar-refractivity contribution < 1.29 is 19.1 Å². The number of nitrogens with one attached hydrogen (secondary N) is 1. The summed E-state index contributed by atoms with van der Waals surface area (Å²) < 4.78 is 4.99. The van der Waals surface area contributed by atoms with Crippen LogP contribution in [0.3, 0.4) is 0 Å². The van der Waals surface area contributed by atoms with Crippen LogP contribution < -0.4 is 5.32 Å². The first-order chi connectivity index (χ1) is 10.9. The molecule has 3 rings (SSSR count). The summed E-state index contributed by atoms with van der Waals surface area (Å²) in [5.41, 5.74) is 1.67. The van der Waals surface area contributed by atoms with E-state index in [0.29, 0.717) is 12.6 Å². The van der Waals surface area contributed by atoms with Crippen LogP contribution in [0.4, 0.5) is 4.79 Å². The molecule has 3 aliphatic heterocycles. The lowest BCUT2D eigenvalue weighted by atomic mass is 10.1. The predicted molar refractivity (Wildman–Crippen MR) is 79.9 cm³/mol. The number of aliphatic imine (C=N–C) groups is 1. The molecule has 1 N–H and O–H groups in total. The molecule has 0 aromatic carbocycles. The molecule has 2 atom stereocenters. The maximum atomic E-state index is 12.3. The number of ether oxygens (including phenoxy) is 1. The van der Waals surface area contributed by atoms with Crippen molar-refractivity contribution >= 4 is 23.9 Å². The molecule has 3 amide bonds. The molecule has 124 valence electrons. The number of amides is 3. The van der Waals surface area contributed by atoms with E-state index in [-0.39, 0.29) is 18.4 Å². The van der Waals surface area contributed by atoms with Gasteiger partial charge in [0.25, 0.3) is 5.91 Å². The third-order valence-electron chi connectivity index (χ3n) is 4.36. The average Bonchev–Trinajstić information content (AvgIpc) is 2.98. The Bertz CT molecular complexity index is 656. The minimum absolute atomic E-state index is 0.0189. The van der Waals surface area contributed by atoms with Crippen molar-refractivity contribution in [3.05, 3.63) is 11.4 Å². The Morgan fingerprint density at radius 3 is 2.65 bits per heavy atom. The van der Waals surface area contributed by atoms with Crippen LogP contribution in [0, 0.1) is 0 Å². The van der Waals surface area contributed by atoms with Gasteiger partial charge in [0, 0.05) is 18.4 Å². The van der Waals surface area contributed by atoms with Crippen LogP contribution in [0.5, 0.6) is 0 Å². The molecular formula is C14H19N5O4. The number of hydrogen-bond acceptors (Lipinski definition) is 7. The van der Waals surface area contributed by atoms with Crippen LogP contribution >= 0.6 is 0 Å². The van der Waals surface area contributed by atoms with Crippen molar-refractivity contribution in [2.24, 2.45) is 4.99 Å². The molecule has 0 aromatic heterocycles. The standard InChI is InChI=1S/C14H19N5O4/c1-5-23-9(20)6-18-7(2)8(3)19-10-11(15-13(18)19)17(4)14(22)16-12(10)21/h10-11H,5-6H2,1-4H3,(H,16,21,22). The number of guanidine groups is 1. The normalized spacial score (nSPS) is 26.3. The fourth-order valence-electron chi connectivity index (χ4n) is 3.05. The van der Waals surface area contributed by atoms with Gasteiger partial charge in [-0.3, -0.25) is 19.8 Å². The van der Waals surface area contributed by atoms with E-state index < -0.39 is 18.2 Å². The van der Waals surface area contributed by atoms with Gasteiger partial charge in [-0.25, -0.2) is 9.79 Å². The van der Waals surface area contributed by atoms with E-state index in [9.17, 15) is 14.4 Å². The lowest BCUT2D eigenvalue weighted by molar-refractivity contribution is -0.143. The Morgan fingerprint density at radius 1 is 1.30 bits per heavy atom. The molecule has 3 heterocycles. The molecule has 9 nitrogen and oxygen atoms in total. The van der Waals surface area contributed by atoms with Crippen molar-refractivity contribution in [1.29, 1.82) is 0 Å². The lowest BCUT2D eigenvalue weighted by Crippen LogP contribution is -2.63. The van der Waals surface area contributed by atoms with E-state index in [2.05, 4.69) is 10.3 Å². The van der Waals surface area contributed by atoms with Gasteiger partial charge < -0.3 is 14.5 Å². The summed E-state index contributed by atoms with van der Waals surface area (Å²) in [5.74, 6) is -0.255. The highest BCUT2D eigenvalue weighted by molar-refractivity contribution is 6.05. The van der Waals surface area contributed by atoms with Gasteiger partial charge >= 0.3 is 12.0 Å². The van der Waals surface area contributed by atoms with Crippen LogP contribution in [0.25, 0.3) is 0 Å². The summed E-state index contributed by atoms with van der Waals surface area (Å²) in [6.07, 6.45) is -0.598. The van der Waals surface area contributed by atoms with Crippen LogP contribution in [0.15, 0.2) is 16.4 Å². The molecule has 0 saturated carbocycles. The number of fused-ring (bicyclic) bond motifs is 3. The van der Waals surface area contributed by atoms with Gasteiger partial charge in [0.2, 0.25) is 5.96 Å². The summed E-state index contributed by atoms with van der Waals surface area (Å²) in [4.78, 5) is 45.2. The smallest absolute Gasteiger partial charge is 0.326 e. The van der Waals surface area contributed by atoms with E-state index in [1.807, 2.05) is 13.8 Å². The summed E-state index contributed by atoms with van der Waals surface area (Å²) >= 11 is 0. The van der Waals surface area contributed by atoms with Gasteiger partial charge in [0.1, 0.15) is 6.54 Å². The topological polar surface area (TPSA) is 94.5 Å². The first kappa shape index (κ1) is 15.3. The van der Waals surface area contributed by atoms with Crippen molar-refractivity contribution in [3.8, 4) is 0 Å². The third-order valence-corrected chi connectivity index (χ3v) is 4.36. The fourth-order valence-corrected chi connectivity index (χ4v) is 3.05. The van der Waals surface area contributed by atoms with Crippen molar-refractivity contribution in [1.82, 2.24) is 20.0 Å². The molecule has 1 saturated heterocycles. The highest BCUT2D eigenvalue weighted by Crippen LogP contribution is 2.35. The van der Waals surface area contributed by atoms with Gasteiger partial charge in [0.15, 0.2) is 12.2 Å². The van der Waals surface area contributed by atoms with Gasteiger partial charge in [-0.05, 0) is 20.8 Å². The number of carbonyl (C=O) groups excluding carboxylic acids is 3. The highest BCUT2D eigenvalue weighted by atomic mass is 16.5. The van der Waals surface area contributed by atoms with Crippen molar-refractivity contribution in [3.63, 3.8) is 0 Å². The maximum absolute atomic E-state index is 12.3. The second kappa shape index (κ2) is 5.25. The van der Waals surface area contributed by atoms with Crippen LogP contribution in [0.2, 0.25) is 0 Å². The van der Waals surface area contributed by atoms with Crippen molar-refractivity contribution in [2.75, 3.05) is 20.2 Å². The summed E-state index contributed by atoms with van der Waals surface area (Å²) in [6, 6.07) is -1.09. The van der Waals surface area contributed by atoms with E-state index in [1.165, 1.54) is 4.90 Å². The first-order valence-corrected chi connectivity index (χ1v) is 7.42. The zero-order valence-corrected chi connectivity index (χ0v) is 13.5. The largest absolute Gasteiger partial charge is 0.465 e. The Labute approximate surface area is 133 Å². The van der Waals surface area contributed by atoms with E-state index in [4.69, 9.17) is 4.74 Å². The second-order valence-electron chi connectivity index (χ2n) is 5.62. The molecule has 23 heavy (non-hydrogen) atoms. The third kappa shape index (κ3) is 2.14. The molecule has 0 aliphatic carbocycles. The molecule has 0 bridgehead atoms. The number of nitrogens with zero attached hydrogens (tertiary/aromatic N) is 4. The number of likely N-dealkylation sites (N-methyl/N-ethyl adjacent to an activating group) is 1. The minimum atomic E-state index is -0.616. The zero-order chi connectivity index (χ0) is 16.9. The maximum Gasteiger partial charge on any atom is 0.326 e. The number of esters is 1. The number of allylic oxidation sites excluding steroid dienone is 2. The second-order valence-corrected chi connectivity index (χ2v) is 5.62. The molecule has 9 heteroatoms. The molecule has 0 radical (unpaired) electrons. The Hall–Kier alpha value is -2.58. The molecule has 3 aliphatic rings. The predicted octanol–water partition coefficient (Wildman–Crippen LogP) is -0.336. The van der Waals surface area contributed by atoms with Gasteiger partial charge in [0.05, 0.1) is 6.61 Å². The van der Waals surface area contributed by atoms with Crippen LogP contribution in [-0.4, -0.2) is 71.0 Å². The zero-order valence-electron chi connectivity index (χ0n) is 13.5. The van der Waals surface area contributed by atoms with E-state index >= 15 is 0 Å². The molecule has 1 fully saturated rings. The number of rotatable bonds is 3. The summed E-state index contributed by atoms with van der Waals surface area (Å²) in [7, 11) is 1.59. The summed E-state index contributed by atoms with van der Waals surface area (Å²) in [6.45, 7) is 5.79. The molecule has 0 aromatic rings. The average molecular weight is 321 g/mol. The number of hydrogen-bond donors (Lipinski definition) is 1. The van der Waals surface area contributed by atoms with Crippen LogP contribution in [0.1, 0.15) is 20.8 Å². The number of imide groups is 1. The Kier molecular flexibility index (Phi) is 3.50. The molecular weight excluding hydrogens is 302 g/mol. The molecule has 0 spiro atoms. The van der Waals surface area contributed by atoms with Crippen molar-refractivity contribution in [2.45, 2.75) is 33.0 Å². The number of urea groups is 1.